The smallest absolute Gasteiger partial charge is 0.223 e. The Morgan fingerprint density at radius 2 is 1.85 bits per heavy atom. The average Bonchev–Trinajstić information content (AvgIpc) is 3.11. The number of likely N-dealkylation sites (tertiary alicyclic amines) is 1. The Morgan fingerprint density at radius 3 is 2.63 bits per heavy atom. The van der Waals surface area contributed by atoms with Crippen molar-refractivity contribution in [2.75, 3.05) is 20.1 Å². The molecule has 27 heavy (non-hydrogen) atoms. The van der Waals surface area contributed by atoms with Crippen LogP contribution in [0.1, 0.15) is 48.3 Å². The highest BCUT2D eigenvalue weighted by Gasteiger charge is 2.31. The number of carbonyl (C=O) groups is 1. The molecule has 1 fully saturated rings. The number of benzene rings is 1. The van der Waals surface area contributed by atoms with Gasteiger partial charge in [0.05, 0.1) is 0 Å². The number of hydrogen-bond acceptors (Lipinski definition) is 3. The second-order valence-corrected chi connectivity index (χ2v) is 8.05. The molecule has 1 aromatic carbocycles. The number of pyridine rings is 1. The lowest BCUT2D eigenvalue weighted by atomic mass is 9.95. The number of amides is 1. The second-order valence-electron chi connectivity index (χ2n) is 8.05. The Morgan fingerprint density at radius 1 is 1.11 bits per heavy atom. The Labute approximate surface area is 162 Å². The van der Waals surface area contributed by atoms with Crippen molar-refractivity contribution in [2.24, 2.45) is 0 Å². The van der Waals surface area contributed by atoms with E-state index in [0.29, 0.717) is 30.8 Å². The highest BCUT2D eigenvalue weighted by Crippen LogP contribution is 2.36. The van der Waals surface area contributed by atoms with Crippen molar-refractivity contribution >= 4 is 5.91 Å². The molecule has 1 aliphatic heterocycles. The van der Waals surface area contributed by atoms with Crippen LogP contribution in [0, 0.1) is 0 Å². The molecule has 1 amide bonds. The van der Waals surface area contributed by atoms with Gasteiger partial charge >= 0.3 is 0 Å². The normalized spacial score (nSPS) is 20.4. The van der Waals surface area contributed by atoms with Gasteiger partial charge in [0.15, 0.2) is 0 Å². The van der Waals surface area contributed by atoms with Crippen molar-refractivity contribution in [1.82, 2.24) is 14.8 Å². The van der Waals surface area contributed by atoms with Gasteiger partial charge in [-0.25, -0.2) is 0 Å². The van der Waals surface area contributed by atoms with Crippen molar-refractivity contribution < 1.29 is 4.79 Å². The molecule has 142 valence electrons. The molecule has 2 aromatic rings. The lowest BCUT2D eigenvalue weighted by molar-refractivity contribution is -0.135. The van der Waals surface area contributed by atoms with E-state index in [2.05, 4.69) is 46.1 Å². The molecule has 0 unspecified atom stereocenters. The van der Waals surface area contributed by atoms with E-state index < -0.39 is 0 Å². The number of hydrogen-bond donors (Lipinski definition) is 0. The number of aromatic nitrogens is 1. The zero-order chi connectivity index (χ0) is 18.6. The van der Waals surface area contributed by atoms with E-state index in [9.17, 15) is 4.79 Å². The van der Waals surface area contributed by atoms with Crippen LogP contribution in [0.5, 0.6) is 0 Å². The molecule has 1 aliphatic carbocycles. The Balaban J connectivity index is 1.50. The van der Waals surface area contributed by atoms with Crippen molar-refractivity contribution in [3.63, 3.8) is 0 Å². The van der Waals surface area contributed by atoms with Gasteiger partial charge in [-0.2, -0.15) is 0 Å². The monoisotopic (exact) mass is 363 g/mol. The predicted octanol–water partition coefficient (Wildman–Crippen LogP) is 3.62. The Hall–Kier alpha value is -2.20. The molecule has 4 rings (SSSR count). The molecule has 1 saturated heterocycles. The summed E-state index contributed by atoms with van der Waals surface area (Å²) in [7, 11) is 2.17. The first-order valence-electron chi connectivity index (χ1n) is 10.2. The maximum atomic E-state index is 13.4. The molecular weight excluding hydrogens is 334 g/mol. The standard InChI is InChI=1S/C23H29N3O/c1-25-14-10-21(11-15-25)26(17-18-8-12-24-13-9-18)23(27)16-20-7-6-19-4-2-3-5-22(19)20/h2-5,8-9,12-13,20-21H,6-7,10-11,14-17H2,1H3/t20-/m0/s1. The molecule has 0 bridgehead atoms. The summed E-state index contributed by atoms with van der Waals surface area (Å²) in [5, 5.41) is 0. The third-order valence-electron chi connectivity index (χ3n) is 6.23. The summed E-state index contributed by atoms with van der Waals surface area (Å²) in [6.07, 6.45) is 8.60. The highest BCUT2D eigenvalue weighted by atomic mass is 16.2. The maximum Gasteiger partial charge on any atom is 0.223 e. The average molecular weight is 364 g/mol. The minimum atomic E-state index is 0.308. The van der Waals surface area contributed by atoms with Crippen LogP contribution in [0.2, 0.25) is 0 Å². The van der Waals surface area contributed by atoms with Gasteiger partial charge in [0.25, 0.3) is 0 Å². The van der Waals surface area contributed by atoms with Crippen molar-refractivity contribution in [1.29, 1.82) is 0 Å². The molecule has 0 saturated carbocycles. The van der Waals surface area contributed by atoms with Gasteiger partial charge in [-0.3, -0.25) is 9.78 Å². The molecule has 1 atom stereocenters. The van der Waals surface area contributed by atoms with Gasteiger partial charge in [-0.05, 0) is 80.6 Å². The number of fused-ring (bicyclic) bond motifs is 1. The predicted molar refractivity (Wildman–Crippen MR) is 107 cm³/mol. The van der Waals surface area contributed by atoms with Crippen LogP contribution in [-0.4, -0.2) is 46.9 Å². The zero-order valence-corrected chi connectivity index (χ0v) is 16.2. The number of carbonyl (C=O) groups excluding carboxylic acids is 1. The molecule has 0 spiro atoms. The first kappa shape index (κ1) is 18.2. The molecule has 4 nitrogen and oxygen atoms in total. The Bertz CT molecular complexity index is 768. The van der Waals surface area contributed by atoms with E-state index in [0.717, 1.165) is 38.8 Å². The van der Waals surface area contributed by atoms with E-state index in [4.69, 9.17) is 0 Å². The van der Waals surface area contributed by atoms with Crippen LogP contribution in [0.25, 0.3) is 0 Å². The molecule has 4 heteroatoms. The van der Waals surface area contributed by atoms with Crippen LogP contribution >= 0.6 is 0 Å². The fraction of sp³-hybridized carbons (Fsp3) is 0.478. The minimum absolute atomic E-state index is 0.308. The van der Waals surface area contributed by atoms with Crippen LogP contribution in [0.15, 0.2) is 48.8 Å². The van der Waals surface area contributed by atoms with Gasteiger partial charge in [0.2, 0.25) is 5.91 Å². The zero-order valence-electron chi connectivity index (χ0n) is 16.2. The molecule has 0 radical (unpaired) electrons. The Kier molecular flexibility index (Phi) is 5.53. The lowest BCUT2D eigenvalue weighted by Crippen LogP contribution is -2.46. The van der Waals surface area contributed by atoms with E-state index in [1.807, 2.05) is 24.5 Å². The maximum absolute atomic E-state index is 13.4. The summed E-state index contributed by atoms with van der Waals surface area (Å²) in [6, 6.07) is 13.0. The minimum Gasteiger partial charge on any atom is -0.335 e. The molecule has 0 N–H and O–H groups in total. The second kappa shape index (κ2) is 8.22. The van der Waals surface area contributed by atoms with E-state index in [1.165, 1.54) is 16.7 Å². The largest absolute Gasteiger partial charge is 0.335 e. The molecule has 2 heterocycles. The van der Waals surface area contributed by atoms with Crippen molar-refractivity contribution in [3.8, 4) is 0 Å². The highest BCUT2D eigenvalue weighted by molar-refractivity contribution is 5.78. The van der Waals surface area contributed by atoms with Gasteiger partial charge in [0.1, 0.15) is 0 Å². The molecular formula is C23H29N3O. The third-order valence-corrected chi connectivity index (χ3v) is 6.23. The molecule has 1 aromatic heterocycles. The summed E-state index contributed by atoms with van der Waals surface area (Å²) in [6.45, 7) is 2.83. The van der Waals surface area contributed by atoms with Gasteiger partial charge in [-0.1, -0.05) is 24.3 Å². The van der Waals surface area contributed by atoms with Crippen LogP contribution < -0.4 is 0 Å². The first-order valence-corrected chi connectivity index (χ1v) is 10.2. The number of aryl methyl sites for hydroxylation is 1. The van der Waals surface area contributed by atoms with E-state index in [1.54, 1.807) is 0 Å². The summed E-state index contributed by atoms with van der Waals surface area (Å²) < 4.78 is 0. The van der Waals surface area contributed by atoms with E-state index >= 15 is 0 Å². The number of rotatable bonds is 5. The van der Waals surface area contributed by atoms with Crippen molar-refractivity contribution in [2.45, 2.75) is 50.6 Å². The van der Waals surface area contributed by atoms with Gasteiger partial charge < -0.3 is 9.80 Å². The molecule has 2 aliphatic rings. The quantitative estimate of drug-likeness (QED) is 0.814. The number of piperidine rings is 1. The first-order chi connectivity index (χ1) is 13.2. The summed E-state index contributed by atoms with van der Waals surface area (Å²) >= 11 is 0. The third kappa shape index (κ3) is 4.22. The summed E-state index contributed by atoms with van der Waals surface area (Å²) in [5.41, 5.74) is 3.98. The van der Waals surface area contributed by atoms with Crippen LogP contribution in [-0.2, 0) is 17.8 Å². The van der Waals surface area contributed by atoms with Crippen LogP contribution in [0.3, 0.4) is 0 Å². The summed E-state index contributed by atoms with van der Waals surface area (Å²) in [5.74, 6) is 0.683. The fourth-order valence-electron chi connectivity index (χ4n) is 4.60. The lowest BCUT2D eigenvalue weighted by Gasteiger charge is -2.38. The SMILES string of the molecule is CN1CCC(N(Cc2ccncc2)C(=O)C[C@@H]2CCc3ccccc32)CC1. The van der Waals surface area contributed by atoms with Gasteiger partial charge in [-0.15, -0.1) is 0 Å². The fourth-order valence-corrected chi connectivity index (χ4v) is 4.60. The number of nitrogens with zero attached hydrogens (tertiary/aromatic N) is 3. The van der Waals surface area contributed by atoms with Crippen LogP contribution in [0.4, 0.5) is 0 Å². The summed E-state index contributed by atoms with van der Waals surface area (Å²) in [4.78, 5) is 22.0. The topological polar surface area (TPSA) is 36.4 Å². The van der Waals surface area contributed by atoms with E-state index in [-0.39, 0.29) is 0 Å². The van der Waals surface area contributed by atoms with Crippen molar-refractivity contribution in [3.05, 3.63) is 65.5 Å². The van der Waals surface area contributed by atoms with Gasteiger partial charge in [0, 0.05) is 31.4 Å².